The maximum Gasteiger partial charge on any atom is 0.157 e. The quantitative estimate of drug-likeness (QED) is 0.358. The number of unbranched alkanes of at least 4 members (excludes halogenated alkanes) is 3. The predicted molar refractivity (Wildman–Crippen MR) is 147 cm³/mol. The van der Waals surface area contributed by atoms with E-state index in [0.29, 0.717) is 0 Å². The number of aromatic nitrogens is 3. The van der Waals surface area contributed by atoms with Gasteiger partial charge >= 0.3 is 0 Å². The second-order valence-corrected chi connectivity index (χ2v) is 10.1. The normalized spacial score (nSPS) is 16.7. The van der Waals surface area contributed by atoms with Crippen LogP contribution in [0.1, 0.15) is 80.9 Å². The Morgan fingerprint density at radius 3 is 2.74 bits per heavy atom. The predicted octanol–water partition coefficient (Wildman–Crippen LogP) is 5.75. The van der Waals surface area contributed by atoms with Crippen molar-refractivity contribution in [3.8, 4) is 0 Å². The Bertz CT molecular complexity index is 1150. The minimum atomic E-state index is 0.125. The molecule has 1 unspecified atom stereocenters. The van der Waals surface area contributed by atoms with Gasteiger partial charge in [0.1, 0.15) is 5.82 Å². The molecule has 0 bridgehead atoms. The van der Waals surface area contributed by atoms with Gasteiger partial charge in [0.2, 0.25) is 0 Å². The maximum atomic E-state index is 6.13. The van der Waals surface area contributed by atoms with Gasteiger partial charge in [-0.3, -0.25) is 0 Å². The molecule has 2 aromatic heterocycles. The fourth-order valence-electron chi connectivity index (χ4n) is 5.18. The summed E-state index contributed by atoms with van der Waals surface area (Å²) in [6.07, 6.45) is 8.21. The molecule has 3 heterocycles. The lowest BCUT2D eigenvalue weighted by Crippen LogP contribution is -2.27. The molecule has 0 radical (unpaired) electrons. The minimum Gasteiger partial charge on any atom is -0.366 e. The molecule has 0 saturated carbocycles. The topological polar surface area (TPSA) is 62.7 Å². The third kappa shape index (κ3) is 5.69. The van der Waals surface area contributed by atoms with Crippen molar-refractivity contribution in [2.24, 2.45) is 5.73 Å². The first-order valence-electron chi connectivity index (χ1n) is 13.3. The fourth-order valence-corrected chi connectivity index (χ4v) is 5.18. The number of anilines is 1. The number of hydrogen-bond acceptors (Lipinski definition) is 5. The molecule has 3 aromatic rings. The molecule has 4 rings (SSSR count). The van der Waals surface area contributed by atoms with E-state index in [1.54, 1.807) is 0 Å². The van der Waals surface area contributed by atoms with Crippen LogP contribution in [0.25, 0.3) is 11.3 Å². The highest BCUT2D eigenvalue weighted by Crippen LogP contribution is 2.31. The molecule has 1 aliphatic rings. The van der Waals surface area contributed by atoms with E-state index in [9.17, 15) is 0 Å². The molecule has 1 fully saturated rings. The lowest BCUT2D eigenvalue weighted by Gasteiger charge is -2.30. The molecular formula is C29H42N6. The first-order chi connectivity index (χ1) is 16.9. The van der Waals surface area contributed by atoms with Crippen molar-refractivity contribution >= 4 is 17.2 Å². The number of benzene rings is 1. The molecule has 0 amide bonds. The molecule has 1 aromatic carbocycles. The van der Waals surface area contributed by atoms with Gasteiger partial charge in [-0.05, 0) is 49.8 Å². The largest absolute Gasteiger partial charge is 0.366 e. The Morgan fingerprint density at radius 1 is 1.20 bits per heavy atom. The van der Waals surface area contributed by atoms with Gasteiger partial charge in [0.25, 0.3) is 0 Å². The summed E-state index contributed by atoms with van der Waals surface area (Å²) in [5, 5.41) is 4.97. The summed E-state index contributed by atoms with van der Waals surface area (Å²) in [7, 11) is 2.13. The van der Waals surface area contributed by atoms with Gasteiger partial charge in [-0.25, -0.2) is 9.50 Å². The van der Waals surface area contributed by atoms with Gasteiger partial charge in [-0.1, -0.05) is 57.9 Å². The van der Waals surface area contributed by atoms with Crippen LogP contribution in [0.2, 0.25) is 0 Å². The zero-order chi connectivity index (χ0) is 24.9. The van der Waals surface area contributed by atoms with Gasteiger partial charge in [0, 0.05) is 49.7 Å². The molecule has 6 nitrogen and oxygen atoms in total. The molecular weight excluding hydrogens is 432 g/mol. The van der Waals surface area contributed by atoms with E-state index >= 15 is 0 Å². The van der Waals surface area contributed by atoms with Gasteiger partial charge < -0.3 is 15.5 Å². The summed E-state index contributed by atoms with van der Waals surface area (Å²) >= 11 is 0. The van der Waals surface area contributed by atoms with Gasteiger partial charge in [0.05, 0.1) is 11.7 Å². The average molecular weight is 475 g/mol. The van der Waals surface area contributed by atoms with Gasteiger partial charge in [-0.2, -0.15) is 5.10 Å². The lowest BCUT2D eigenvalue weighted by molar-refractivity contribution is 0.339. The van der Waals surface area contributed by atoms with E-state index in [1.165, 1.54) is 36.8 Å². The standard InChI is InChI=1S/C29H42N6/c1-6-8-9-10-12-23-13-11-14-24(18-23)22(4)33(5)27(7-2)26-19-29-31-28(17-21(3)35(29)32-26)34-16-15-25(30)20-34/h11,13-14,17-19,25,27H,4,6-10,12,15-16,20,30H2,1-3,5H3/t25-,27?/m0/s1. The number of nitrogens with zero attached hydrogens (tertiary/aromatic N) is 5. The molecule has 35 heavy (non-hydrogen) atoms. The van der Waals surface area contributed by atoms with Crippen molar-refractivity contribution in [3.05, 3.63) is 65.5 Å². The second kappa shape index (κ2) is 11.3. The third-order valence-corrected chi connectivity index (χ3v) is 7.36. The van der Waals surface area contributed by atoms with Crippen LogP contribution in [-0.2, 0) is 6.42 Å². The van der Waals surface area contributed by atoms with Crippen molar-refractivity contribution in [2.75, 3.05) is 25.0 Å². The van der Waals surface area contributed by atoms with Crippen LogP contribution >= 0.6 is 0 Å². The first-order valence-corrected chi connectivity index (χ1v) is 13.3. The van der Waals surface area contributed by atoms with Crippen LogP contribution < -0.4 is 10.6 Å². The van der Waals surface area contributed by atoms with Crippen molar-refractivity contribution in [1.29, 1.82) is 0 Å². The van der Waals surface area contributed by atoms with Gasteiger partial charge in [0.15, 0.2) is 5.65 Å². The number of nitrogens with two attached hydrogens (primary N) is 1. The maximum absolute atomic E-state index is 6.13. The summed E-state index contributed by atoms with van der Waals surface area (Å²) in [6.45, 7) is 12.9. The van der Waals surface area contributed by atoms with E-state index in [1.807, 2.05) is 4.52 Å². The van der Waals surface area contributed by atoms with E-state index in [4.69, 9.17) is 15.8 Å². The van der Waals surface area contributed by atoms with Crippen LogP contribution in [0.5, 0.6) is 0 Å². The number of aryl methyl sites for hydroxylation is 2. The van der Waals surface area contributed by atoms with Crippen molar-refractivity contribution in [2.45, 2.75) is 77.8 Å². The molecule has 0 spiro atoms. The monoisotopic (exact) mass is 474 g/mol. The second-order valence-electron chi connectivity index (χ2n) is 10.1. The molecule has 188 valence electrons. The summed E-state index contributed by atoms with van der Waals surface area (Å²) in [4.78, 5) is 9.49. The Labute approximate surface area is 210 Å². The SMILES string of the molecule is C=C(c1cccc(CCCCCC)c1)N(C)C(CC)c1cc2nc(N3CC[C@H](N)C3)cc(C)n2n1. The number of hydrogen-bond donors (Lipinski definition) is 1. The van der Waals surface area contributed by atoms with Crippen LogP contribution in [0.3, 0.4) is 0 Å². The number of rotatable bonds is 11. The van der Waals surface area contributed by atoms with Crippen LogP contribution in [0.4, 0.5) is 5.82 Å². The Kier molecular flexibility index (Phi) is 8.11. The minimum absolute atomic E-state index is 0.125. The molecule has 1 aliphatic heterocycles. The third-order valence-electron chi connectivity index (χ3n) is 7.36. The Morgan fingerprint density at radius 2 is 2.03 bits per heavy atom. The molecule has 1 saturated heterocycles. The summed E-state index contributed by atoms with van der Waals surface area (Å²) in [5.74, 6) is 0.996. The van der Waals surface area contributed by atoms with Crippen molar-refractivity contribution in [3.63, 3.8) is 0 Å². The highest BCUT2D eigenvalue weighted by Gasteiger charge is 2.24. The summed E-state index contributed by atoms with van der Waals surface area (Å²) in [6, 6.07) is 13.5. The highest BCUT2D eigenvalue weighted by atomic mass is 15.3. The summed E-state index contributed by atoms with van der Waals surface area (Å²) < 4.78 is 1.96. The Balaban J connectivity index is 1.53. The first kappa shape index (κ1) is 25.2. The smallest absolute Gasteiger partial charge is 0.157 e. The zero-order valence-corrected chi connectivity index (χ0v) is 22.0. The van der Waals surface area contributed by atoms with E-state index in [2.05, 4.69) is 80.6 Å². The van der Waals surface area contributed by atoms with E-state index in [-0.39, 0.29) is 12.1 Å². The lowest BCUT2D eigenvalue weighted by atomic mass is 10.0. The van der Waals surface area contributed by atoms with Crippen LogP contribution in [0.15, 0.2) is 43.0 Å². The molecule has 2 N–H and O–H groups in total. The van der Waals surface area contributed by atoms with Crippen molar-refractivity contribution in [1.82, 2.24) is 19.5 Å². The van der Waals surface area contributed by atoms with Gasteiger partial charge in [-0.15, -0.1) is 0 Å². The highest BCUT2D eigenvalue weighted by molar-refractivity contribution is 5.63. The van der Waals surface area contributed by atoms with Crippen LogP contribution in [0, 0.1) is 6.92 Å². The molecule has 0 aliphatic carbocycles. The molecule has 6 heteroatoms. The fraction of sp³-hybridized carbons (Fsp3) is 0.517. The van der Waals surface area contributed by atoms with E-state index in [0.717, 1.165) is 60.9 Å². The number of fused-ring (bicyclic) bond motifs is 1. The average Bonchev–Trinajstić information content (AvgIpc) is 3.48. The Hall–Kier alpha value is -2.86. The summed E-state index contributed by atoms with van der Waals surface area (Å²) in [5.41, 5.74) is 12.7. The zero-order valence-electron chi connectivity index (χ0n) is 22.0. The van der Waals surface area contributed by atoms with Crippen LogP contribution in [-0.4, -0.2) is 45.7 Å². The van der Waals surface area contributed by atoms with Crippen molar-refractivity contribution < 1.29 is 0 Å². The molecule has 2 atom stereocenters. The van der Waals surface area contributed by atoms with E-state index < -0.39 is 0 Å².